The second-order valence-electron chi connectivity index (χ2n) is 4.73. The van der Waals surface area contributed by atoms with Gasteiger partial charge in [-0.05, 0) is 24.6 Å². The first-order valence-corrected chi connectivity index (χ1v) is 9.19. The number of aromatic nitrogens is 1. The molecule has 1 heterocycles. The molecule has 1 aromatic heterocycles. The molecular weight excluding hydrogens is 350 g/mol. The highest BCUT2D eigenvalue weighted by molar-refractivity contribution is 8.02. The summed E-state index contributed by atoms with van der Waals surface area (Å²) in [6.45, 7) is 2.16. The Hall–Kier alpha value is -1.56. The third-order valence-corrected chi connectivity index (χ3v) is 5.82. The number of carbonyl (C=O) groups is 1. The second-order valence-corrected chi connectivity index (χ2v) is 7.52. The van der Waals surface area contributed by atoms with Crippen molar-refractivity contribution in [3.63, 3.8) is 0 Å². The number of thiazole rings is 1. The first kappa shape index (κ1) is 16.3. The van der Waals surface area contributed by atoms with E-state index >= 15 is 0 Å². The van der Waals surface area contributed by atoms with Crippen molar-refractivity contribution < 1.29 is 9.53 Å². The maximum Gasteiger partial charge on any atom is 0.324 e. The summed E-state index contributed by atoms with van der Waals surface area (Å²) in [4.78, 5) is 16.9. The summed E-state index contributed by atoms with van der Waals surface area (Å²) in [5.41, 5.74) is 1.68. The van der Waals surface area contributed by atoms with Gasteiger partial charge < -0.3 is 4.74 Å². The molecule has 0 amide bonds. The van der Waals surface area contributed by atoms with Crippen molar-refractivity contribution in [2.45, 2.75) is 16.5 Å². The maximum absolute atomic E-state index is 12.3. The van der Waals surface area contributed by atoms with E-state index in [1.54, 1.807) is 0 Å². The minimum atomic E-state index is -0.435. The van der Waals surface area contributed by atoms with Gasteiger partial charge in [-0.15, -0.1) is 11.3 Å². The lowest BCUT2D eigenvalue weighted by molar-refractivity contribution is -0.142. The second kappa shape index (κ2) is 7.34. The van der Waals surface area contributed by atoms with Gasteiger partial charge >= 0.3 is 5.97 Å². The van der Waals surface area contributed by atoms with Gasteiger partial charge in [-0.25, -0.2) is 4.98 Å². The number of esters is 1. The van der Waals surface area contributed by atoms with Crippen LogP contribution in [0.15, 0.2) is 52.9 Å². The normalized spacial score (nSPS) is 12.3. The third-order valence-electron chi connectivity index (χ3n) is 3.17. The summed E-state index contributed by atoms with van der Waals surface area (Å²) in [5.74, 6) is -0.256. The Balaban J connectivity index is 1.93. The molecule has 3 rings (SSSR count). The molecule has 6 heteroatoms. The highest BCUT2D eigenvalue weighted by Gasteiger charge is 2.25. The van der Waals surface area contributed by atoms with Crippen molar-refractivity contribution >= 4 is 50.9 Å². The standard InChI is InChI=1S/C17H14ClNO2S2/c1-2-21-16(20)15(11-7-4-3-5-8-11)23-17-19-14-12(18)9-6-10-13(14)22-17/h3-10,15H,2H2,1H3. The Morgan fingerprint density at radius 1 is 1.26 bits per heavy atom. The smallest absolute Gasteiger partial charge is 0.324 e. The van der Waals surface area contributed by atoms with Gasteiger partial charge in [0.25, 0.3) is 0 Å². The molecular formula is C17H14ClNO2S2. The Bertz CT molecular complexity index is 820. The summed E-state index contributed by atoms with van der Waals surface area (Å²) in [6, 6.07) is 15.3. The van der Waals surface area contributed by atoms with Crippen LogP contribution in [-0.4, -0.2) is 17.6 Å². The Morgan fingerprint density at radius 2 is 2.04 bits per heavy atom. The van der Waals surface area contributed by atoms with Crippen molar-refractivity contribution in [1.82, 2.24) is 4.98 Å². The van der Waals surface area contributed by atoms with E-state index in [1.165, 1.54) is 23.1 Å². The first-order valence-electron chi connectivity index (χ1n) is 7.12. The number of hydrogen-bond acceptors (Lipinski definition) is 5. The van der Waals surface area contributed by atoms with Crippen LogP contribution in [-0.2, 0) is 9.53 Å². The number of carbonyl (C=O) groups excluding carboxylic acids is 1. The molecule has 3 nitrogen and oxygen atoms in total. The number of rotatable bonds is 5. The van der Waals surface area contributed by atoms with Gasteiger partial charge in [0.15, 0.2) is 4.34 Å². The molecule has 2 aromatic carbocycles. The summed E-state index contributed by atoms with van der Waals surface area (Å²) in [7, 11) is 0. The largest absolute Gasteiger partial charge is 0.465 e. The van der Waals surface area contributed by atoms with E-state index in [1.807, 2.05) is 55.5 Å². The lowest BCUT2D eigenvalue weighted by atomic mass is 10.1. The van der Waals surface area contributed by atoms with Crippen LogP contribution in [0.4, 0.5) is 0 Å². The minimum Gasteiger partial charge on any atom is -0.465 e. The predicted octanol–water partition coefficient (Wildman–Crippen LogP) is 5.35. The molecule has 118 valence electrons. The van der Waals surface area contributed by atoms with Crippen LogP contribution in [0.25, 0.3) is 10.2 Å². The average molecular weight is 364 g/mol. The maximum atomic E-state index is 12.3. The molecule has 0 bridgehead atoms. The van der Waals surface area contributed by atoms with E-state index in [4.69, 9.17) is 16.3 Å². The predicted molar refractivity (Wildman–Crippen MR) is 96.3 cm³/mol. The van der Waals surface area contributed by atoms with E-state index in [0.29, 0.717) is 11.6 Å². The zero-order valence-corrected chi connectivity index (χ0v) is 14.8. The number of nitrogens with zero attached hydrogens (tertiary/aromatic N) is 1. The number of ether oxygens (including phenoxy) is 1. The van der Waals surface area contributed by atoms with Crippen molar-refractivity contribution in [3.8, 4) is 0 Å². The van der Waals surface area contributed by atoms with Crippen LogP contribution in [0.1, 0.15) is 17.7 Å². The molecule has 23 heavy (non-hydrogen) atoms. The van der Waals surface area contributed by atoms with Gasteiger partial charge in [0.1, 0.15) is 10.8 Å². The molecule has 0 aliphatic heterocycles. The average Bonchev–Trinajstić information content (AvgIpc) is 2.98. The highest BCUT2D eigenvalue weighted by Crippen LogP contribution is 2.41. The van der Waals surface area contributed by atoms with Crippen LogP contribution in [0.5, 0.6) is 0 Å². The van der Waals surface area contributed by atoms with E-state index < -0.39 is 5.25 Å². The van der Waals surface area contributed by atoms with E-state index in [-0.39, 0.29) is 5.97 Å². The van der Waals surface area contributed by atoms with Gasteiger partial charge in [0, 0.05) is 0 Å². The van der Waals surface area contributed by atoms with Crippen molar-refractivity contribution in [3.05, 3.63) is 59.1 Å². The number of thioether (sulfide) groups is 1. The zero-order valence-electron chi connectivity index (χ0n) is 12.4. The van der Waals surface area contributed by atoms with E-state index in [2.05, 4.69) is 4.98 Å². The molecule has 0 fully saturated rings. The van der Waals surface area contributed by atoms with Crippen LogP contribution in [0, 0.1) is 0 Å². The van der Waals surface area contributed by atoms with Crippen molar-refractivity contribution in [2.24, 2.45) is 0 Å². The van der Waals surface area contributed by atoms with Crippen LogP contribution < -0.4 is 0 Å². The van der Waals surface area contributed by atoms with Gasteiger partial charge in [-0.2, -0.15) is 0 Å². The van der Waals surface area contributed by atoms with Crippen molar-refractivity contribution in [2.75, 3.05) is 6.61 Å². The number of fused-ring (bicyclic) bond motifs is 1. The molecule has 3 aromatic rings. The molecule has 0 saturated carbocycles. The Morgan fingerprint density at radius 3 is 2.74 bits per heavy atom. The minimum absolute atomic E-state index is 0.256. The fourth-order valence-corrected chi connectivity index (χ4v) is 4.69. The molecule has 0 N–H and O–H groups in total. The Labute approximate surface area is 147 Å². The zero-order chi connectivity index (χ0) is 16.2. The topological polar surface area (TPSA) is 39.2 Å². The molecule has 1 unspecified atom stereocenters. The van der Waals surface area contributed by atoms with Crippen molar-refractivity contribution in [1.29, 1.82) is 0 Å². The molecule has 0 radical (unpaired) electrons. The van der Waals surface area contributed by atoms with Crippen LogP contribution in [0.3, 0.4) is 0 Å². The lowest BCUT2D eigenvalue weighted by Gasteiger charge is -2.13. The lowest BCUT2D eigenvalue weighted by Crippen LogP contribution is -2.13. The van der Waals surface area contributed by atoms with E-state index in [0.717, 1.165) is 20.1 Å². The van der Waals surface area contributed by atoms with Crippen LogP contribution >= 0.6 is 34.7 Å². The molecule has 0 spiro atoms. The molecule has 0 aliphatic carbocycles. The summed E-state index contributed by atoms with van der Waals surface area (Å²) in [5, 5.41) is 0.188. The number of halogens is 1. The molecule has 0 aliphatic rings. The summed E-state index contributed by atoms with van der Waals surface area (Å²) >= 11 is 9.11. The number of para-hydroxylation sites is 1. The fourth-order valence-electron chi connectivity index (χ4n) is 2.14. The Kier molecular flexibility index (Phi) is 5.20. The van der Waals surface area contributed by atoms with Gasteiger partial charge in [0.05, 0.1) is 16.3 Å². The van der Waals surface area contributed by atoms with Gasteiger partial charge in [0.2, 0.25) is 0 Å². The monoisotopic (exact) mass is 363 g/mol. The fraction of sp³-hybridized carbons (Fsp3) is 0.176. The van der Waals surface area contributed by atoms with Crippen LogP contribution in [0.2, 0.25) is 5.02 Å². The first-order chi connectivity index (χ1) is 11.2. The van der Waals surface area contributed by atoms with Gasteiger partial charge in [-0.1, -0.05) is 59.8 Å². The quantitative estimate of drug-likeness (QED) is 0.452. The van der Waals surface area contributed by atoms with Gasteiger partial charge in [-0.3, -0.25) is 4.79 Å². The highest BCUT2D eigenvalue weighted by atomic mass is 35.5. The number of benzene rings is 2. The van der Waals surface area contributed by atoms with E-state index in [9.17, 15) is 4.79 Å². The molecule has 0 saturated heterocycles. The summed E-state index contributed by atoms with van der Waals surface area (Å²) < 4.78 is 7.03. The third kappa shape index (κ3) is 3.68. The summed E-state index contributed by atoms with van der Waals surface area (Å²) in [6.07, 6.45) is 0. The SMILES string of the molecule is CCOC(=O)C(Sc1nc2c(Cl)cccc2s1)c1ccccc1. The number of hydrogen-bond donors (Lipinski definition) is 0. The molecule has 1 atom stereocenters.